The minimum atomic E-state index is -0.964. The highest BCUT2D eigenvalue weighted by Gasteiger charge is 2.25. The Hall–Kier alpha value is -4.46. The molecule has 6 rings (SSSR count). The van der Waals surface area contributed by atoms with E-state index in [1.807, 2.05) is 24.3 Å². The van der Waals surface area contributed by atoms with E-state index in [1.54, 1.807) is 24.5 Å². The first-order valence-corrected chi connectivity index (χ1v) is 11.5. The fraction of sp³-hybridized carbons (Fsp3) is 0.185. The van der Waals surface area contributed by atoms with Crippen LogP contribution >= 0.6 is 0 Å². The summed E-state index contributed by atoms with van der Waals surface area (Å²) in [7, 11) is 0. The number of para-hydroxylation sites is 1. The van der Waals surface area contributed by atoms with Gasteiger partial charge >= 0.3 is 5.97 Å². The Kier molecular flexibility index (Phi) is 4.88. The number of fused-ring (bicyclic) bond motifs is 4. The van der Waals surface area contributed by atoms with Crippen molar-refractivity contribution in [3.05, 3.63) is 94.8 Å². The van der Waals surface area contributed by atoms with Crippen molar-refractivity contribution in [1.82, 2.24) is 19.6 Å². The molecule has 0 radical (unpaired) electrons. The summed E-state index contributed by atoms with van der Waals surface area (Å²) in [5, 5.41) is 22.6. The molecule has 8 heteroatoms. The Morgan fingerprint density at radius 3 is 2.51 bits per heavy atom. The molecule has 174 valence electrons. The number of nitrogens with one attached hydrogen (secondary N) is 1. The van der Waals surface area contributed by atoms with E-state index in [4.69, 9.17) is 4.98 Å². The fourth-order valence-electron chi connectivity index (χ4n) is 4.96. The van der Waals surface area contributed by atoms with Gasteiger partial charge in [-0.1, -0.05) is 42.5 Å². The van der Waals surface area contributed by atoms with Crippen molar-refractivity contribution >= 4 is 34.2 Å². The van der Waals surface area contributed by atoms with Gasteiger partial charge in [0.05, 0.1) is 17.1 Å². The first-order chi connectivity index (χ1) is 17.0. The molecule has 0 saturated carbocycles. The van der Waals surface area contributed by atoms with E-state index in [2.05, 4.69) is 56.8 Å². The molecule has 5 aromatic rings. The van der Waals surface area contributed by atoms with Crippen molar-refractivity contribution < 1.29 is 9.90 Å². The number of benzene rings is 3. The third-order valence-electron chi connectivity index (χ3n) is 6.62. The molecule has 0 saturated heterocycles. The Morgan fingerprint density at radius 2 is 1.77 bits per heavy atom. The van der Waals surface area contributed by atoms with Gasteiger partial charge in [0.2, 0.25) is 5.95 Å². The van der Waals surface area contributed by atoms with Gasteiger partial charge in [-0.3, -0.25) is 4.40 Å². The number of aromatic nitrogens is 4. The Labute approximate surface area is 201 Å². The van der Waals surface area contributed by atoms with Crippen molar-refractivity contribution in [1.29, 1.82) is 0 Å². The second kappa shape index (κ2) is 8.09. The number of hydrogen-bond acceptors (Lipinski definition) is 6. The van der Waals surface area contributed by atoms with Crippen LogP contribution in [0.3, 0.4) is 0 Å². The molecule has 8 nitrogen and oxygen atoms in total. The maximum Gasteiger partial charge on any atom is 0.337 e. The predicted molar refractivity (Wildman–Crippen MR) is 135 cm³/mol. The molecular weight excluding hydrogens is 440 g/mol. The number of carboxylic acid groups (broad SMARTS) is 1. The number of nitrogens with zero attached hydrogens (tertiary/aromatic N) is 5. The van der Waals surface area contributed by atoms with E-state index in [-0.39, 0.29) is 11.6 Å². The van der Waals surface area contributed by atoms with Crippen LogP contribution in [0.25, 0.3) is 16.6 Å². The van der Waals surface area contributed by atoms with Crippen LogP contribution in [0.15, 0.2) is 67.0 Å². The topological polar surface area (TPSA) is 95.6 Å². The average Bonchev–Trinajstić information content (AvgIpc) is 3.51. The van der Waals surface area contributed by atoms with Gasteiger partial charge in [0.25, 0.3) is 0 Å². The zero-order valence-electron chi connectivity index (χ0n) is 19.4. The van der Waals surface area contributed by atoms with E-state index in [1.165, 1.54) is 11.1 Å². The number of aromatic carboxylic acids is 1. The first kappa shape index (κ1) is 21.1. The summed E-state index contributed by atoms with van der Waals surface area (Å²) in [6.45, 7) is 5.60. The Bertz CT molecular complexity index is 1580. The molecule has 3 aromatic carbocycles. The molecule has 35 heavy (non-hydrogen) atoms. The number of carbonyl (C=O) groups is 1. The van der Waals surface area contributed by atoms with Crippen molar-refractivity contribution in [2.24, 2.45) is 0 Å². The van der Waals surface area contributed by atoms with Gasteiger partial charge in [0, 0.05) is 29.7 Å². The highest BCUT2D eigenvalue weighted by molar-refractivity contribution is 5.96. The van der Waals surface area contributed by atoms with Crippen molar-refractivity contribution in [3.8, 4) is 0 Å². The lowest BCUT2D eigenvalue weighted by molar-refractivity contribution is 0.0698. The molecule has 1 unspecified atom stereocenters. The van der Waals surface area contributed by atoms with E-state index < -0.39 is 5.97 Å². The molecule has 2 N–H and O–H groups in total. The minimum absolute atomic E-state index is 0.195. The maximum atomic E-state index is 11.7. The minimum Gasteiger partial charge on any atom is -0.478 e. The summed E-state index contributed by atoms with van der Waals surface area (Å²) in [6, 6.07) is 19.4. The number of rotatable bonds is 5. The molecule has 2 aromatic heterocycles. The smallest absolute Gasteiger partial charge is 0.337 e. The summed E-state index contributed by atoms with van der Waals surface area (Å²) >= 11 is 0. The second-order valence-electron chi connectivity index (χ2n) is 9.03. The quantitative estimate of drug-likeness (QED) is 0.379. The largest absolute Gasteiger partial charge is 0.478 e. The summed E-state index contributed by atoms with van der Waals surface area (Å²) < 4.78 is 1.95. The molecular formula is C27H24N6O2. The third kappa shape index (κ3) is 3.54. The molecule has 0 aliphatic carbocycles. The Morgan fingerprint density at radius 1 is 1.06 bits per heavy atom. The molecule has 0 spiro atoms. The summed E-state index contributed by atoms with van der Waals surface area (Å²) in [4.78, 5) is 19.1. The molecule has 1 aliphatic heterocycles. The second-order valence-corrected chi connectivity index (χ2v) is 9.03. The molecule has 3 heterocycles. The first-order valence-electron chi connectivity index (χ1n) is 11.5. The van der Waals surface area contributed by atoms with Gasteiger partial charge in [-0.15, -0.1) is 10.2 Å². The van der Waals surface area contributed by atoms with Gasteiger partial charge in [-0.25, -0.2) is 9.78 Å². The van der Waals surface area contributed by atoms with Crippen LogP contribution in [-0.4, -0.2) is 30.7 Å². The standard InChI is InChI=1S/C27H24N6O2/c1-16-11-21(17(2)29-23-10-6-5-9-20(23)26(34)35)24-22(12-16)25-31-28-15-33(25)27(30-24)32-13-18-7-3-4-8-19(18)14-32/h3-12,15,17,29H,13-14H2,1-2H3,(H,34,35). The van der Waals surface area contributed by atoms with E-state index in [0.717, 1.165) is 46.7 Å². The zero-order chi connectivity index (χ0) is 24.1. The third-order valence-corrected chi connectivity index (χ3v) is 6.62. The van der Waals surface area contributed by atoms with E-state index >= 15 is 0 Å². The van der Waals surface area contributed by atoms with Crippen LogP contribution in [0.1, 0.15) is 45.6 Å². The number of carboxylic acids is 1. The monoisotopic (exact) mass is 464 g/mol. The average molecular weight is 465 g/mol. The molecule has 0 fully saturated rings. The van der Waals surface area contributed by atoms with Crippen LogP contribution in [-0.2, 0) is 13.1 Å². The lowest BCUT2D eigenvalue weighted by atomic mass is 10.0. The fourth-order valence-corrected chi connectivity index (χ4v) is 4.96. The van der Waals surface area contributed by atoms with Crippen LogP contribution in [0, 0.1) is 6.92 Å². The van der Waals surface area contributed by atoms with Crippen molar-refractivity contribution in [2.45, 2.75) is 33.0 Å². The maximum absolute atomic E-state index is 11.7. The number of aryl methyl sites for hydroxylation is 1. The number of hydrogen-bond donors (Lipinski definition) is 2. The van der Waals surface area contributed by atoms with Gasteiger partial charge < -0.3 is 15.3 Å². The van der Waals surface area contributed by atoms with Gasteiger partial charge in [-0.2, -0.15) is 0 Å². The van der Waals surface area contributed by atoms with E-state index in [9.17, 15) is 9.90 Å². The zero-order valence-corrected chi connectivity index (χ0v) is 19.4. The van der Waals surface area contributed by atoms with Crippen LogP contribution < -0.4 is 10.2 Å². The van der Waals surface area contributed by atoms with Crippen molar-refractivity contribution in [3.63, 3.8) is 0 Å². The van der Waals surface area contributed by atoms with Crippen LogP contribution in [0.2, 0.25) is 0 Å². The molecule has 0 amide bonds. The lowest BCUT2D eigenvalue weighted by Crippen LogP contribution is -2.20. The highest BCUT2D eigenvalue weighted by atomic mass is 16.4. The Balaban J connectivity index is 1.49. The highest BCUT2D eigenvalue weighted by Crippen LogP contribution is 2.34. The van der Waals surface area contributed by atoms with Gasteiger partial charge in [0.1, 0.15) is 6.33 Å². The number of anilines is 2. The summed E-state index contributed by atoms with van der Waals surface area (Å²) in [6.07, 6.45) is 1.72. The SMILES string of the molecule is Cc1cc(C(C)Nc2ccccc2C(=O)O)c2nc(N3Cc4ccccc4C3)n3cnnc3c2c1. The van der Waals surface area contributed by atoms with E-state index in [0.29, 0.717) is 5.69 Å². The summed E-state index contributed by atoms with van der Waals surface area (Å²) in [5.74, 6) is -0.175. The van der Waals surface area contributed by atoms with Crippen molar-refractivity contribution in [2.75, 3.05) is 10.2 Å². The normalized spacial score (nSPS) is 13.8. The molecule has 0 bridgehead atoms. The lowest BCUT2D eigenvalue weighted by Gasteiger charge is -2.22. The van der Waals surface area contributed by atoms with Gasteiger partial charge in [-0.05, 0) is 48.7 Å². The molecule has 1 aliphatic rings. The van der Waals surface area contributed by atoms with Crippen LogP contribution in [0.4, 0.5) is 11.6 Å². The summed E-state index contributed by atoms with van der Waals surface area (Å²) in [5.41, 5.74) is 7.02. The van der Waals surface area contributed by atoms with Crippen LogP contribution in [0.5, 0.6) is 0 Å². The molecule has 1 atom stereocenters. The predicted octanol–water partition coefficient (Wildman–Crippen LogP) is 4.98. The van der Waals surface area contributed by atoms with Gasteiger partial charge in [0.15, 0.2) is 5.65 Å².